The number of likely N-dealkylation sites (N-methyl/N-ethyl adjacent to an activating group) is 1. The second kappa shape index (κ2) is 5.21. The first-order valence-electron chi connectivity index (χ1n) is 5.20. The fraction of sp³-hybridized carbons (Fsp3) is 0.417. The SMILES string of the molecule is C=C/C=C\C(=C(/C)C(F)(F)F)C1CC=NN1C. The molecule has 17 heavy (non-hydrogen) atoms. The maximum atomic E-state index is 12.7. The molecule has 5 heteroatoms. The Morgan fingerprint density at radius 3 is 2.59 bits per heavy atom. The van der Waals surface area contributed by atoms with Crippen LogP contribution in [-0.2, 0) is 0 Å². The number of nitrogens with zero attached hydrogens (tertiary/aromatic N) is 2. The number of rotatable bonds is 3. The summed E-state index contributed by atoms with van der Waals surface area (Å²) in [5.74, 6) is 0. The lowest BCUT2D eigenvalue weighted by Crippen LogP contribution is -2.27. The number of halogens is 3. The molecule has 2 nitrogen and oxygen atoms in total. The molecule has 0 aromatic carbocycles. The van der Waals surface area contributed by atoms with E-state index in [1.165, 1.54) is 23.2 Å². The van der Waals surface area contributed by atoms with E-state index in [0.29, 0.717) is 6.42 Å². The first kappa shape index (κ1) is 13.5. The molecule has 0 saturated heterocycles. The lowest BCUT2D eigenvalue weighted by Gasteiger charge is -2.23. The van der Waals surface area contributed by atoms with Crippen molar-refractivity contribution in [1.29, 1.82) is 0 Å². The van der Waals surface area contributed by atoms with E-state index in [1.807, 2.05) is 0 Å². The van der Waals surface area contributed by atoms with Crippen LogP contribution in [0.15, 0.2) is 41.1 Å². The smallest absolute Gasteiger partial charge is 0.293 e. The van der Waals surface area contributed by atoms with E-state index in [2.05, 4.69) is 11.7 Å². The summed E-state index contributed by atoms with van der Waals surface area (Å²) in [5.41, 5.74) is -0.352. The summed E-state index contributed by atoms with van der Waals surface area (Å²) in [6.45, 7) is 4.56. The van der Waals surface area contributed by atoms with Gasteiger partial charge in [-0.1, -0.05) is 24.8 Å². The topological polar surface area (TPSA) is 15.6 Å². The Bertz CT molecular complexity index is 378. The summed E-state index contributed by atoms with van der Waals surface area (Å²) in [4.78, 5) is 0. The Morgan fingerprint density at radius 2 is 2.18 bits per heavy atom. The van der Waals surface area contributed by atoms with Crippen molar-refractivity contribution < 1.29 is 13.2 Å². The summed E-state index contributed by atoms with van der Waals surface area (Å²) >= 11 is 0. The molecular weight excluding hydrogens is 229 g/mol. The van der Waals surface area contributed by atoms with Crippen LogP contribution >= 0.6 is 0 Å². The zero-order chi connectivity index (χ0) is 13.1. The van der Waals surface area contributed by atoms with Gasteiger partial charge in [0.25, 0.3) is 0 Å². The van der Waals surface area contributed by atoms with Gasteiger partial charge in [-0.3, -0.25) is 5.01 Å². The van der Waals surface area contributed by atoms with Gasteiger partial charge in [-0.25, -0.2) is 0 Å². The minimum absolute atomic E-state index is 0.234. The van der Waals surface area contributed by atoms with Crippen molar-refractivity contribution in [2.24, 2.45) is 5.10 Å². The molecule has 0 fully saturated rings. The molecule has 0 amide bonds. The normalized spacial score (nSPS) is 22.2. The molecule has 0 aromatic heterocycles. The molecular formula is C12H15F3N2. The highest BCUT2D eigenvalue weighted by Crippen LogP contribution is 2.32. The molecule has 1 rings (SSSR count). The van der Waals surface area contributed by atoms with Gasteiger partial charge in [0.1, 0.15) is 0 Å². The maximum absolute atomic E-state index is 12.7. The molecule has 1 aliphatic heterocycles. The van der Waals surface area contributed by atoms with Crippen molar-refractivity contribution in [3.8, 4) is 0 Å². The third-order valence-corrected chi connectivity index (χ3v) is 2.67. The highest BCUT2D eigenvalue weighted by atomic mass is 19.4. The molecule has 0 spiro atoms. The van der Waals surface area contributed by atoms with E-state index in [1.54, 1.807) is 13.3 Å². The molecule has 1 heterocycles. The van der Waals surface area contributed by atoms with Crippen molar-refractivity contribution in [3.63, 3.8) is 0 Å². The van der Waals surface area contributed by atoms with E-state index in [0.717, 1.165) is 6.92 Å². The van der Waals surface area contributed by atoms with Crippen LogP contribution in [0.25, 0.3) is 0 Å². The number of hydrazone groups is 1. The second-order valence-corrected chi connectivity index (χ2v) is 3.80. The van der Waals surface area contributed by atoms with Crippen LogP contribution in [0.2, 0.25) is 0 Å². The molecule has 1 aliphatic rings. The van der Waals surface area contributed by atoms with Crippen LogP contribution < -0.4 is 0 Å². The van der Waals surface area contributed by atoms with E-state index < -0.39 is 11.7 Å². The van der Waals surface area contributed by atoms with Crippen LogP contribution in [0.5, 0.6) is 0 Å². The zero-order valence-corrected chi connectivity index (χ0v) is 9.83. The fourth-order valence-electron chi connectivity index (χ4n) is 1.66. The summed E-state index contributed by atoms with van der Waals surface area (Å²) in [7, 11) is 1.67. The highest BCUT2D eigenvalue weighted by molar-refractivity contribution is 5.62. The molecule has 0 radical (unpaired) electrons. The summed E-state index contributed by atoms with van der Waals surface area (Å²) in [6.07, 6.45) is 2.21. The number of hydrogen-bond acceptors (Lipinski definition) is 2. The summed E-state index contributed by atoms with van der Waals surface area (Å²) < 4.78 is 38.2. The van der Waals surface area contributed by atoms with Crippen LogP contribution in [0, 0.1) is 0 Å². The van der Waals surface area contributed by atoms with Gasteiger partial charge < -0.3 is 0 Å². The van der Waals surface area contributed by atoms with Gasteiger partial charge >= 0.3 is 6.18 Å². The molecule has 0 aliphatic carbocycles. The Morgan fingerprint density at radius 1 is 1.53 bits per heavy atom. The van der Waals surface area contributed by atoms with Crippen LogP contribution in [0.1, 0.15) is 13.3 Å². The van der Waals surface area contributed by atoms with Crippen LogP contribution in [0.3, 0.4) is 0 Å². The molecule has 94 valence electrons. The third kappa shape index (κ3) is 3.22. The molecule has 1 unspecified atom stereocenters. The number of hydrogen-bond donors (Lipinski definition) is 0. The van der Waals surface area contributed by atoms with Crippen molar-refractivity contribution in [1.82, 2.24) is 5.01 Å². The molecule has 1 atom stereocenters. The summed E-state index contributed by atoms with van der Waals surface area (Å²) in [5, 5.41) is 5.50. The predicted octanol–water partition coefficient (Wildman–Crippen LogP) is 3.30. The average Bonchev–Trinajstić information content (AvgIpc) is 2.64. The van der Waals surface area contributed by atoms with Gasteiger partial charge in [-0.15, -0.1) is 0 Å². The number of alkyl halides is 3. The molecule has 0 N–H and O–H groups in total. The summed E-state index contributed by atoms with van der Waals surface area (Å²) in [6, 6.07) is -0.354. The van der Waals surface area contributed by atoms with Gasteiger partial charge in [-0.05, 0) is 12.5 Å². The van der Waals surface area contributed by atoms with Gasteiger partial charge in [0.15, 0.2) is 0 Å². The molecule has 0 bridgehead atoms. The van der Waals surface area contributed by atoms with E-state index >= 15 is 0 Å². The van der Waals surface area contributed by atoms with Crippen molar-refractivity contribution >= 4 is 6.21 Å². The monoisotopic (exact) mass is 244 g/mol. The standard InChI is InChI=1S/C12H15F3N2/c1-4-5-6-10(9(2)12(13,14)15)11-7-8-16-17(11)3/h4-6,8,11H,1,7H2,2-3H3/b6-5-,10-9-. The largest absolute Gasteiger partial charge is 0.412 e. The van der Waals surface area contributed by atoms with Crippen LogP contribution in [0.4, 0.5) is 13.2 Å². The lowest BCUT2D eigenvalue weighted by molar-refractivity contribution is -0.0924. The highest BCUT2D eigenvalue weighted by Gasteiger charge is 2.35. The minimum Gasteiger partial charge on any atom is -0.293 e. The van der Waals surface area contributed by atoms with Gasteiger partial charge in [0.05, 0.1) is 6.04 Å². The quantitative estimate of drug-likeness (QED) is 0.695. The minimum atomic E-state index is -4.32. The van der Waals surface area contributed by atoms with Crippen molar-refractivity contribution in [2.75, 3.05) is 7.05 Å². The Labute approximate surface area is 98.8 Å². The van der Waals surface area contributed by atoms with Gasteiger partial charge in [0.2, 0.25) is 0 Å². The predicted molar refractivity (Wildman–Crippen MR) is 62.8 cm³/mol. The first-order chi connectivity index (χ1) is 7.88. The van der Waals surface area contributed by atoms with E-state index in [4.69, 9.17) is 0 Å². The van der Waals surface area contributed by atoms with E-state index in [9.17, 15) is 13.2 Å². The fourth-order valence-corrected chi connectivity index (χ4v) is 1.66. The van der Waals surface area contributed by atoms with Crippen LogP contribution in [-0.4, -0.2) is 30.5 Å². The van der Waals surface area contributed by atoms with Crippen molar-refractivity contribution in [2.45, 2.75) is 25.6 Å². The molecule has 0 aromatic rings. The average molecular weight is 244 g/mol. The van der Waals surface area contributed by atoms with Gasteiger partial charge in [-0.2, -0.15) is 18.3 Å². The Kier molecular flexibility index (Phi) is 4.15. The molecule has 0 saturated carbocycles. The third-order valence-electron chi connectivity index (χ3n) is 2.67. The Hall–Kier alpha value is -1.52. The van der Waals surface area contributed by atoms with Crippen molar-refractivity contribution in [3.05, 3.63) is 36.0 Å². The number of allylic oxidation sites excluding steroid dienone is 3. The Balaban J connectivity index is 3.12. The zero-order valence-electron chi connectivity index (χ0n) is 9.83. The lowest BCUT2D eigenvalue weighted by atomic mass is 9.98. The van der Waals surface area contributed by atoms with Gasteiger partial charge in [0, 0.05) is 25.3 Å². The second-order valence-electron chi connectivity index (χ2n) is 3.80. The van der Waals surface area contributed by atoms with E-state index in [-0.39, 0.29) is 11.6 Å². The maximum Gasteiger partial charge on any atom is 0.412 e. The first-order valence-corrected chi connectivity index (χ1v) is 5.20.